The second-order valence-corrected chi connectivity index (χ2v) is 4.31. The zero-order valence-corrected chi connectivity index (χ0v) is 10.4. The molecule has 0 aliphatic carbocycles. The number of hydrogen-bond donors (Lipinski definition) is 3. The third-order valence-corrected chi connectivity index (χ3v) is 2.75. The molecule has 0 fully saturated rings. The lowest BCUT2D eigenvalue weighted by Gasteiger charge is -2.14. The first-order chi connectivity index (χ1) is 7.04. The van der Waals surface area contributed by atoms with Gasteiger partial charge in [-0.3, -0.25) is 0 Å². The first-order valence-corrected chi connectivity index (χ1v) is 5.40. The van der Waals surface area contributed by atoms with Gasteiger partial charge in [-0.15, -0.1) is 0 Å². The van der Waals surface area contributed by atoms with Crippen molar-refractivity contribution in [3.63, 3.8) is 0 Å². The van der Waals surface area contributed by atoms with Crippen LogP contribution in [0.15, 0.2) is 27.8 Å². The maximum Gasteiger partial charge on any atom is 0.161 e. The zero-order valence-electron chi connectivity index (χ0n) is 8.04. The van der Waals surface area contributed by atoms with E-state index in [2.05, 4.69) is 26.4 Å². The van der Waals surface area contributed by atoms with Gasteiger partial charge in [0, 0.05) is 15.2 Å². The first-order valence-electron chi connectivity index (χ1n) is 4.23. The number of rotatable bonds is 3. The Hall–Kier alpha value is -0.940. The number of amidine groups is 1. The van der Waals surface area contributed by atoms with Gasteiger partial charge >= 0.3 is 0 Å². The van der Waals surface area contributed by atoms with Crippen molar-refractivity contribution >= 4 is 39.1 Å². The standard InChI is InChI=1S/C9H11BrClN3O/c1-5(9(12)14-15)13-8-3-2-6(11)4-7(8)10/h2-5,13,15H,1H3,(H2,12,14). The van der Waals surface area contributed by atoms with Crippen LogP contribution in [0.5, 0.6) is 0 Å². The molecule has 0 bridgehead atoms. The number of nitrogens with zero attached hydrogens (tertiary/aromatic N) is 1. The molecule has 1 unspecified atom stereocenters. The highest BCUT2D eigenvalue weighted by Crippen LogP contribution is 2.26. The lowest BCUT2D eigenvalue weighted by molar-refractivity contribution is 0.316. The van der Waals surface area contributed by atoms with Gasteiger partial charge in [-0.05, 0) is 41.1 Å². The third-order valence-electron chi connectivity index (χ3n) is 1.86. The largest absolute Gasteiger partial charge is 0.409 e. The molecule has 4 nitrogen and oxygen atoms in total. The van der Waals surface area contributed by atoms with Crippen molar-refractivity contribution in [3.8, 4) is 0 Å². The van der Waals surface area contributed by atoms with Gasteiger partial charge in [0.25, 0.3) is 0 Å². The molecule has 1 aromatic carbocycles. The van der Waals surface area contributed by atoms with Crippen LogP contribution in [0.4, 0.5) is 5.69 Å². The van der Waals surface area contributed by atoms with E-state index in [1.54, 1.807) is 19.1 Å². The Kier molecular flexibility index (Phi) is 4.23. The van der Waals surface area contributed by atoms with E-state index in [0.29, 0.717) is 5.02 Å². The number of anilines is 1. The molecule has 1 atom stereocenters. The predicted molar refractivity (Wildman–Crippen MR) is 65.6 cm³/mol. The third kappa shape index (κ3) is 3.28. The van der Waals surface area contributed by atoms with E-state index in [0.717, 1.165) is 10.2 Å². The van der Waals surface area contributed by atoms with E-state index >= 15 is 0 Å². The molecule has 0 aliphatic heterocycles. The summed E-state index contributed by atoms with van der Waals surface area (Å²) in [6.07, 6.45) is 0. The minimum atomic E-state index is -0.257. The van der Waals surface area contributed by atoms with Crippen LogP contribution in [0.3, 0.4) is 0 Å². The lowest BCUT2D eigenvalue weighted by Crippen LogP contribution is -2.32. The van der Waals surface area contributed by atoms with E-state index in [1.807, 2.05) is 6.07 Å². The van der Waals surface area contributed by atoms with E-state index < -0.39 is 0 Å². The van der Waals surface area contributed by atoms with E-state index in [1.165, 1.54) is 0 Å². The number of nitrogens with two attached hydrogens (primary N) is 1. The van der Waals surface area contributed by atoms with E-state index in [-0.39, 0.29) is 11.9 Å². The number of nitrogens with one attached hydrogen (secondary N) is 1. The van der Waals surface area contributed by atoms with Crippen molar-refractivity contribution in [1.82, 2.24) is 0 Å². The topological polar surface area (TPSA) is 70.6 Å². The molecule has 0 aliphatic rings. The molecule has 6 heteroatoms. The quantitative estimate of drug-likeness (QED) is 0.347. The second-order valence-electron chi connectivity index (χ2n) is 3.02. The number of benzene rings is 1. The van der Waals surface area contributed by atoms with Crippen LogP contribution < -0.4 is 11.1 Å². The van der Waals surface area contributed by atoms with Crippen LogP contribution in [-0.4, -0.2) is 17.1 Å². The molecule has 0 spiro atoms. The molecule has 4 N–H and O–H groups in total. The number of halogens is 2. The average molecular weight is 293 g/mol. The van der Waals surface area contributed by atoms with Gasteiger partial charge in [0.2, 0.25) is 0 Å². The number of hydrogen-bond acceptors (Lipinski definition) is 3. The fourth-order valence-corrected chi connectivity index (χ4v) is 1.80. The molecule has 15 heavy (non-hydrogen) atoms. The van der Waals surface area contributed by atoms with Gasteiger partial charge in [0.05, 0.1) is 6.04 Å². The Morgan fingerprint density at radius 2 is 2.33 bits per heavy atom. The Morgan fingerprint density at radius 1 is 1.67 bits per heavy atom. The Morgan fingerprint density at radius 3 is 2.87 bits per heavy atom. The summed E-state index contributed by atoms with van der Waals surface area (Å²) in [6, 6.07) is 5.08. The van der Waals surface area contributed by atoms with Crippen molar-refractivity contribution in [2.45, 2.75) is 13.0 Å². The van der Waals surface area contributed by atoms with Gasteiger partial charge < -0.3 is 16.3 Å². The summed E-state index contributed by atoms with van der Waals surface area (Å²) in [5.74, 6) is 0.122. The van der Waals surface area contributed by atoms with E-state index in [9.17, 15) is 0 Å². The van der Waals surface area contributed by atoms with Crippen LogP contribution >= 0.6 is 27.5 Å². The summed E-state index contributed by atoms with van der Waals surface area (Å²) in [6.45, 7) is 1.79. The van der Waals surface area contributed by atoms with Crippen molar-refractivity contribution in [3.05, 3.63) is 27.7 Å². The van der Waals surface area contributed by atoms with Crippen LogP contribution in [0.2, 0.25) is 5.02 Å². The Bertz CT molecular complexity index is 384. The van der Waals surface area contributed by atoms with E-state index in [4.69, 9.17) is 22.5 Å². The molecule has 0 aromatic heterocycles. The molecule has 0 radical (unpaired) electrons. The van der Waals surface area contributed by atoms with Crippen molar-refractivity contribution < 1.29 is 5.21 Å². The Balaban J connectivity index is 2.81. The van der Waals surface area contributed by atoms with Gasteiger partial charge in [-0.2, -0.15) is 0 Å². The van der Waals surface area contributed by atoms with Crippen LogP contribution in [0.25, 0.3) is 0 Å². The molecule has 0 amide bonds. The minimum Gasteiger partial charge on any atom is -0.409 e. The smallest absolute Gasteiger partial charge is 0.161 e. The molecule has 1 aromatic rings. The molecule has 82 valence electrons. The molecule has 1 rings (SSSR count). The fourth-order valence-electron chi connectivity index (χ4n) is 1.00. The molecule has 0 saturated carbocycles. The number of oxime groups is 1. The zero-order chi connectivity index (χ0) is 11.4. The summed E-state index contributed by atoms with van der Waals surface area (Å²) < 4.78 is 0.826. The molecule has 0 heterocycles. The maximum atomic E-state index is 8.49. The average Bonchev–Trinajstić information content (AvgIpc) is 2.20. The first kappa shape index (κ1) is 12.1. The van der Waals surface area contributed by atoms with Crippen molar-refractivity contribution in [2.75, 3.05) is 5.32 Å². The minimum absolute atomic E-state index is 0.122. The summed E-state index contributed by atoms with van der Waals surface area (Å²) in [5.41, 5.74) is 6.27. The summed E-state index contributed by atoms with van der Waals surface area (Å²) >= 11 is 9.15. The SMILES string of the molecule is CC(Nc1ccc(Cl)cc1Br)/C(N)=N/O. The maximum absolute atomic E-state index is 8.49. The second kappa shape index (κ2) is 5.23. The fraction of sp³-hybridized carbons (Fsp3) is 0.222. The summed E-state index contributed by atoms with van der Waals surface area (Å²) in [4.78, 5) is 0. The molecule has 0 saturated heterocycles. The predicted octanol–water partition coefficient (Wildman–Crippen LogP) is 2.65. The molecular formula is C9H11BrClN3O. The van der Waals surface area contributed by atoms with Crippen LogP contribution in [-0.2, 0) is 0 Å². The van der Waals surface area contributed by atoms with Crippen LogP contribution in [0, 0.1) is 0 Å². The van der Waals surface area contributed by atoms with Crippen molar-refractivity contribution in [1.29, 1.82) is 0 Å². The van der Waals surface area contributed by atoms with Crippen LogP contribution in [0.1, 0.15) is 6.92 Å². The summed E-state index contributed by atoms with van der Waals surface area (Å²) in [7, 11) is 0. The van der Waals surface area contributed by atoms with Gasteiger partial charge in [-0.25, -0.2) is 0 Å². The van der Waals surface area contributed by atoms with Gasteiger partial charge in [0.15, 0.2) is 5.84 Å². The van der Waals surface area contributed by atoms with Gasteiger partial charge in [0.1, 0.15) is 0 Å². The Labute approximate surface area is 101 Å². The monoisotopic (exact) mass is 291 g/mol. The highest BCUT2D eigenvalue weighted by molar-refractivity contribution is 9.10. The highest BCUT2D eigenvalue weighted by Gasteiger charge is 2.09. The highest BCUT2D eigenvalue weighted by atomic mass is 79.9. The molecular weight excluding hydrogens is 281 g/mol. The van der Waals surface area contributed by atoms with Gasteiger partial charge in [-0.1, -0.05) is 16.8 Å². The normalized spacial score (nSPS) is 13.7. The summed E-state index contributed by atoms with van der Waals surface area (Å²) in [5, 5.41) is 15.1. The van der Waals surface area contributed by atoms with Crippen molar-refractivity contribution in [2.24, 2.45) is 10.9 Å². The lowest BCUT2D eigenvalue weighted by atomic mass is 10.2.